The SMILES string of the molecule is CC(=O)NC(O)[C@H](Cc1ccccc1)N1C(=O)C(C(C)C)N(C(=O)c2ccccn2)C=C1c1ccccc1. The lowest BCUT2D eigenvalue weighted by Gasteiger charge is -2.45. The largest absolute Gasteiger partial charge is 0.371 e. The topological polar surface area (TPSA) is 103 Å². The molecule has 1 aliphatic heterocycles. The molecule has 1 aliphatic rings. The van der Waals surface area contributed by atoms with Crippen LogP contribution in [0, 0.1) is 5.92 Å². The summed E-state index contributed by atoms with van der Waals surface area (Å²) in [5.74, 6) is -1.41. The first-order valence-electron chi connectivity index (χ1n) is 12.6. The van der Waals surface area contributed by atoms with Gasteiger partial charge in [-0.25, -0.2) is 0 Å². The van der Waals surface area contributed by atoms with Crippen LogP contribution in [0.25, 0.3) is 5.70 Å². The van der Waals surface area contributed by atoms with E-state index in [1.165, 1.54) is 22.9 Å². The molecule has 8 nitrogen and oxygen atoms in total. The van der Waals surface area contributed by atoms with Crippen LogP contribution in [-0.2, 0) is 16.0 Å². The third-order valence-corrected chi connectivity index (χ3v) is 6.47. The molecule has 0 radical (unpaired) electrons. The second-order valence-corrected chi connectivity index (χ2v) is 9.61. The van der Waals surface area contributed by atoms with Crippen LogP contribution in [0.3, 0.4) is 0 Å². The van der Waals surface area contributed by atoms with E-state index in [2.05, 4.69) is 10.3 Å². The molecule has 8 heteroatoms. The summed E-state index contributed by atoms with van der Waals surface area (Å²) in [6, 6.07) is 22.1. The molecule has 2 N–H and O–H groups in total. The number of carbonyl (C=O) groups excluding carboxylic acids is 3. The average molecular weight is 513 g/mol. The Morgan fingerprint density at radius 1 is 0.974 bits per heavy atom. The van der Waals surface area contributed by atoms with Gasteiger partial charge in [-0.3, -0.25) is 24.3 Å². The van der Waals surface area contributed by atoms with Gasteiger partial charge in [0, 0.05) is 19.3 Å². The van der Waals surface area contributed by atoms with Crippen LogP contribution < -0.4 is 5.32 Å². The normalized spacial score (nSPS) is 17.1. The zero-order valence-electron chi connectivity index (χ0n) is 21.7. The third kappa shape index (κ3) is 5.81. The fourth-order valence-electron chi connectivity index (χ4n) is 4.74. The van der Waals surface area contributed by atoms with E-state index in [1.807, 2.05) is 74.5 Å². The van der Waals surface area contributed by atoms with Gasteiger partial charge >= 0.3 is 0 Å². The van der Waals surface area contributed by atoms with Crippen LogP contribution in [0.15, 0.2) is 91.3 Å². The Kier molecular flexibility index (Phi) is 8.33. The zero-order chi connectivity index (χ0) is 27.2. The predicted molar refractivity (Wildman–Crippen MR) is 144 cm³/mol. The van der Waals surface area contributed by atoms with Crippen molar-refractivity contribution in [1.29, 1.82) is 0 Å². The molecule has 3 aromatic rings. The van der Waals surface area contributed by atoms with Gasteiger partial charge in [-0.1, -0.05) is 80.6 Å². The van der Waals surface area contributed by atoms with Crippen molar-refractivity contribution in [2.75, 3.05) is 0 Å². The first kappa shape index (κ1) is 26.8. The van der Waals surface area contributed by atoms with Gasteiger partial charge in [-0.15, -0.1) is 0 Å². The van der Waals surface area contributed by atoms with E-state index in [9.17, 15) is 19.5 Å². The van der Waals surface area contributed by atoms with Gasteiger partial charge in [-0.05, 0) is 35.6 Å². The van der Waals surface area contributed by atoms with Crippen molar-refractivity contribution in [3.05, 3.63) is 108 Å². The number of amides is 3. The maximum absolute atomic E-state index is 14.4. The zero-order valence-corrected chi connectivity index (χ0v) is 21.7. The lowest BCUT2D eigenvalue weighted by Crippen LogP contribution is -2.61. The molecular weight excluding hydrogens is 480 g/mol. The maximum atomic E-state index is 14.4. The molecule has 3 atom stereocenters. The summed E-state index contributed by atoms with van der Waals surface area (Å²) in [7, 11) is 0. The fourth-order valence-corrected chi connectivity index (χ4v) is 4.74. The summed E-state index contributed by atoms with van der Waals surface area (Å²) in [6.45, 7) is 5.06. The van der Waals surface area contributed by atoms with E-state index in [-0.39, 0.29) is 23.9 Å². The Morgan fingerprint density at radius 3 is 2.18 bits per heavy atom. The highest BCUT2D eigenvalue weighted by molar-refractivity contribution is 6.02. The second kappa shape index (κ2) is 11.8. The molecule has 4 rings (SSSR count). The number of nitrogens with zero attached hydrogens (tertiary/aromatic N) is 3. The maximum Gasteiger partial charge on any atom is 0.277 e. The van der Waals surface area contributed by atoms with Crippen molar-refractivity contribution >= 4 is 23.4 Å². The van der Waals surface area contributed by atoms with Gasteiger partial charge in [-0.2, -0.15) is 0 Å². The molecule has 0 bridgehead atoms. The van der Waals surface area contributed by atoms with Gasteiger partial charge in [0.15, 0.2) is 0 Å². The van der Waals surface area contributed by atoms with E-state index in [0.29, 0.717) is 11.3 Å². The Balaban J connectivity index is 1.88. The lowest BCUT2D eigenvalue weighted by molar-refractivity contribution is -0.140. The van der Waals surface area contributed by atoms with E-state index in [1.54, 1.807) is 24.4 Å². The summed E-state index contributed by atoms with van der Waals surface area (Å²) < 4.78 is 0. The van der Waals surface area contributed by atoms with Crippen LogP contribution in [0.1, 0.15) is 42.4 Å². The fraction of sp³-hybridized carbons (Fsp3) is 0.267. The number of aliphatic hydroxyl groups is 1. The molecule has 3 amide bonds. The van der Waals surface area contributed by atoms with Gasteiger partial charge in [0.1, 0.15) is 18.0 Å². The van der Waals surface area contributed by atoms with Crippen LogP contribution >= 0.6 is 0 Å². The summed E-state index contributed by atoms with van der Waals surface area (Å²) in [5.41, 5.74) is 2.24. The van der Waals surface area contributed by atoms with Crippen molar-refractivity contribution in [3.63, 3.8) is 0 Å². The number of hydrogen-bond acceptors (Lipinski definition) is 5. The Morgan fingerprint density at radius 2 is 1.61 bits per heavy atom. The average Bonchev–Trinajstić information content (AvgIpc) is 2.92. The minimum atomic E-state index is -1.35. The van der Waals surface area contributed by atoms with Crippen LogP contribution in [0.2, 0.25) is 0 Å². The van der Waals surface area contributed by atoms with E-state index >= 15 is 0 Å². The quantitative estimate of drug-likeness (QED) is 0.450. The molecule has 2 heterocycles. The predicted octanol–water partition coefficient (Wildman–Crippen LogP) is 3.46. The minimum absolute atomic E-state index is 0.224. The molecule has 1 aromatic heterocycles. The van der Waals surface area contributed by atoms with Gasteiger partial charge in [0.05, 0.1) is 11.7 Å². The van der Waals surface area contributed by atoms with E-state index < -0.39 is 30.1 Å². The van der Waals surface area contributed by atoms with Gasteiger partial charge in [0.25, 0.3) is 11.8 Å². The van der Waals surface area contributed by atoms with Crippen molar-refractivity contribution in [1.82, 2.24) is 20.1 Å². The highest BCUT2D eigenvalue weighted by Crippen LogP contribution is 2.34. The molecule has 0 saturated heterocycles. The number of rotatable bonds is 8. The molecule has 2 aromatic carbocycles. The number of pyridine rings is 1. The Bertz CT molecular complexity index is 1300. The minimum Gasteiger partial charge on any atom is -0.371 e. The number of aromatic nitrogens is 1. The standard InChI is InChI=1S/C30H32N4O4/c1-20(2)27-30(38)34(25(28(36)32-21(3)35)18-22-12-6-4-7-13-22)26(23-14-8-5-9-15-23)19-33(27)29(37)24-16-10-11-17-31-24/h4-17,19-20,25,27-28,36H,18H2,1-3H3,(H,32,35)/t25-,27?,28?/m0/s1. The molecule has 0 fully saturated rings. The summed E-state index contributed by atoms with van der Waals surface area (Å²) in [4.78, 5) is 47.1. The summed E-state index contributed by atoms with van der Waals surface area (Å²) >= 11 is 0. The molecule has 0 aliphatic carbocycles. The number of aliphatic hydroxyl groups excluding tert-OH is 1. The number of benzene rings is 2. The molecule has 196 valence electrons. The van der Waals surface area contributed by atoms with Crippen molar-refractivity contribution in [2.45, 2.75) is 45.5 Å². The van der Waals surface area contributed by atoms with E-state index in [0.717, 1.165) is 5.56 Å². The van der Waals surface area contributed by atoms with Crippen molar-refractivity contribution in [2.24, 2.45) is 5.92 Å². The highest BCUT2D eigenvalue weighted by atomic mass is 16.3. The first-order valence-corrected chi connectivity index (χ1v) is 12.6. The molecule has 38 heavy (non-hydrogen) atoms. The van der Waals surface area contributed by atoms with E-state index in [4.69, 9.17) is 0 Å². The molecule has 0 spiro atoms. The summed E-state index contributed by atoms with van der Waals surface area (Å²) in [6.07, 6.45) is 2.13. The number of carbonyl (C=O) groups is 3. The van der Waals surface area contributed by atoms with Gasteiger partial charge in [0.2, 0.25) is 5.91 Å². The van der Waals surface area contributed by atoms with Crippen LogP contribution in [0.5, 0.6) is 0 Å². The van der Waals surface area contributed by atoms with Crippen LogP contribution in [0.4, 0.5) is 0 Å². The third-order valence-electron chi connectivity index (χ3n) is 6.47. The second-order valence-electron chi connectivity index (χ2n) is 9.61. The molecule has 0 saturated carbocycles. The lowest BCUT2D eigenvalue weighted by atomic mass is 9.93. The molecule has 2 unspecified atom stereocenters. The van der Waals surface area contributed by atoms with Crippen molar-refractivity contribution in [3.8, 4) is 0 Å². The Hall–Kier alpha value is -4.30. The highest BCUT2D eigenvalue weighted by Gasteiger charge is 2.45. The number of nitrogens with one attached hydrogen (secondary N) is 1. The van der Waals surface area contributed by atoms with Crippen LogP contribution in [-0.4, -0.2) is 55.9 Å². The smallest absolute Gasteiger partial charge is 0.277 e. The summed E-state index contributed by atoms with van der Waals surface area (Å²) in [5, 5.41) is 13.8. The Labute approximate surface area is 222 Å². The number of hydrogen-bond donors (Lipinski definition) is 2. The van der Waals surface area contributed by atoms with Gasteiger partial charge < -0.3 is 15.3 Å². The van der Waals surface area contributed by atoms with Crippen molar-refractivity contribution < 1.29 is 19.5 Å². The monoisotopic (exact) mass is 512 g/mol. The first-order chi connectivity index (χ1) is 18.3. The molecular formula is C30H32N4O4.